The Morgan fingerprint density at radius 2 is 2.03 bits per heavy atom. The molecule has 1 aromatic rings. The topological polar surface area (TPSA) is 151 Å². The van der Waals surface area contributed by atoms with Gasteiger partial charge in [-0.05, 0) is 44.7 Å². The zero-order valence-corrected chi connectivity index (χ0v) is 17.4. The van der Waals surface area contributed by atoms with Crippen LogP contribution in [0.25, 0.3) is 6.08 Å². The van der Waals surface area contributed by atoms with E-state index < -0.39 is 30.1 Å². The number of aliphatic hydroxyl groups is 1. The molecule has 0 bridgehead atoms. The third-order valence-electron chi connectivity index (χ3n) is 3.46. The third kappa shape index (κ3) is 8.44. The van der Waals surface area contributed by atoms with Gasteiger partial charge >= 0.3 is 12.1 Å². The fourth-order valence-electron chi connectivity index (χ4n) is 2.22. The molecule has 0 spiro atoms. The molecule has 1 aromatic carbocycles. The standard InChI is InChI=1S/C14H13ClF3NO4.C3H9NO.H4NO/c1-6-3-9(15)4-8-5-10(13(20)21-7(2)23-19)12(14(16,17)18)22-11(6)8;1-4-2-3-5;1-2/h3-5,7,12H,19H2,1-2H3;4-5H,2-3H2,1H3;2H,1H3/q;;+1. The van der Waals surface area contributed by atoms with Crippen LogP contribution in [0, 0.1) is 6.92 Å². The second kappa shape index (κ2) is 13.4. The van der Waals surface area contributed by atoms with Gasteiger partial charge in [0.05, 0.1) is 12.2 Å². The summed E-state index contributed by atoms with van der Waals surface area (Å²) in [5, 5.41) is 17.8. The zero-order valence-electron chi connectivity index (χ0n) is 16.6. The van der Waals surface area contributed by atoms with Gasteiger partial charge in [0.2, 0.25) is 12.4 Å². The van der Waals surface area contributed by atoms with Crippen LogP contribution >= 0.6 is 11.6 Å². The van der Waals surface area contributed by atoms with Gasteiger partial charge < -0.3 is 19.9 Å². The van der Waals surface area contributed by atoms with E-state index in [1.807, 2.05) is 0 Å². The number of carbonyl (C=O) groups excluding carboxylic acids is 1. The Labute approximate surface area is 176 Å². The molecule has 2 unspecified atom stereocenters. The number of hydrogen-bond acceptors (Lipinski definition) is 8. The largest absolute Gasteiger partial charge is 0.475 e. The molecule has 1 heterocycles. The summed E-state index contributed by atoms with van der Waals surface area (Å²) in [6.45, 7) is 3.75. The first-order valence-electron chi connectivity index (χ1n) is 8.43. The molecule has 0 aromatic heterocycles. The Hall–Kier alpha value is -1.93. The Bertz CT molecular complexity index is 717. The number of ether oxygens (including phenoxy) is 2. The average molecular weight is 461 g/mol. The summed E-state index contributed by atoms with van der Waals surface area (Å²) in [6.07, 6.45) is -7.42. The van der Waals surface area contributed by atoms with Crippen molar-refractivity contribution < 1.29 is 48.5 Å². The fourth-order valence-corrected chi connectivity index (χ4v) is 2.50. The second-order valence-electron chi connectivity index (χ2n) is 5.72. The van der Waals surface area contributed by atoms with E-state index in [0.29, 0.717) is 17.1 Å². The zero-order chi connectivity index (χ0) is 23.5. The number of fused-ring (bicyclic) bond motifs is 1. The number of quaternary nitrogens is 1. The van der Waals surface area contributed by atoms with Gasteiger partial charge in [-0.2, -0.15) is 13.2 Å². The van der Waals surface area contributed by atoms with E-state index in [-0.39, 0.29) is 17.9 Å². The highest BCUT2D eigenvalue weighted by Gasteiger charge is 2.49. The lowest BCUT2D eigenvalue weighted by atomic mass is 9.99. The van der Waals surface area contributed by atoms with E-state index in [1.54, 1.807) is 14.0 Å². The molecule has 1 aliphatic rings. The van der Waals surface area contributed by atoms with Crippen molar-refractivity contribution in [2.75, 3.05) is 20.2 Å². The molecule has 2 rings (SSSR count). The molecule has 172 valence electrons. The second-order valence-corrected chi connectivity index (χ2v) is 6.15. The lowest BCUT2D eigenvalue weighted by Crippen LogP contribution is -2.42. The van der Waals surface area contributed by atoms with E-state index in [1.165, 1.54) is 19.1 Å². The van der Waals surface area contributed by atoms with Gasteiger partial charge in [-0.25, -0.2) is 21.8 Å². The maximum Gasteiger partial charge on any atom is 0.430 e. The van der Waals surface area contributed by atoms with Crippen LogP contribution in [0.5, 0.6) is 5.75 Å². The van der Waals surface area contributed by atoms with Crippen LogP contribution in [0.1, 0.15) is 18.1 Å². The van der Waals surface area contributed by atoms with Gasteiger partial charge in [-0.1, -0.05) is 11.6 Å². The van der Waals surface area contributed by atoms with Crippen LogP contribution in [-0.4, -0.2) is 55.1 Å². The predicted molar refractivity (Wildman–Crippen MR) is 101 cm³/mol. The van der Waals surface area contributed by atoms with E-state index in [9.17, 15) is 18.0 Å². The van der Waals surface area contributed by atoms with Crippen LogP contribution < -0.4 is 21.8 Å². The number of hydrogen-bond donors (Lipinski definition) is 5. The number of carbonyl (C=O) groups is 1. The van der Waals surface area contributed by atoms with E-state index >= 15 is 0 Å². The van der Waals surface area contributed by atoms with Gasteiger partial charge in [0.15, 0.2) is 0 Å². The number of aryl methyl sites for hydroxylation is 1. The number of nitrogens with two attached hydrogens (primary N) is 1. The molecule has 0 saturated heterocycles. The maximum absolute atomic E-state index is 13.2. The minimum atomic E-state index is -4.80. The first-order chi connectivity index (χ1) is 14.0. The summed E-state index contributed by atoms with van der Waals surface area (Å²) in [7, 11) is 1.80. The molecule has 0 saturated carbocycles. The van der Waals surface area contributed by atoms with Crippen LogP contribution in [-0.2, 0) is 14.4 Å². The van der Waals surface area contributed by atoms with Gasteiger partial charge in [0, 0.05) is 17.1 Å². The Balaban J connectivity index is 0.00000105. The summed E-state index contributed by atoms with van der Waals surface area (Å²) in [6, 6.07) is 2.86. The first kappa shape index (κ1) is 28.1. The quantitative estimate of drug-likeness (QED) is 0.247. The molecule has 0 fully saturated rings. The molecular weight excluding hydrogens is 435 g/mol. The lowest BCUT2D eigenvalue weighted by Gasteiger charge is -2.29. The summed E-state index contributed by atoms with van der Waals surface area (Å²) in [5.41, 5.74) is -0.0385. The molecule has 13 heteroatoms. The van der Waals surface area contributed by atoms with Crippen molar-refractivity contribution in [2.45, 2.75) is 32.4 Å². The van der Waals surface area contributed by atoms with Crippen LogP contribution in [0.4, 0.5) is 13.2 Å². The number of rotatable bonds is 5. The smallest absolute Gasteiger partial charge is 0.430 e. The van der Waals surface area contributed by atoms with Crippen LogP contribution in [0.3, 0.4) is 0 Å². The number of benzene rings is 1. The van der Waals surface area contributed by atoms with Gasteiger partial charge in [0.25, 0.3) is 0 Å². The highest BCUT2D eigenvalue weighted by atomic mass is 35.5. The summed E-state index contributed by atoms with van der Waals surface area (Å²) in [5.74, 6) is 5.84. The Morgan fingerprint density at radius 3 is 2.47 bits per heavy atom. The highest BCUT2D eigenvalue weighted by molar-refractivity contribution is 6.30. The molecule has 30 heavy (non-hydrogen) atoms. The summed E-state index contributed by atoms with van der Waals surface area (Å²) >= 11 is 5.88. The molecule has 2 atom stereocenters. The third-order valence-corrected chi connectivity index (χ3v) is 3.67. The van der Waals surface area contributed by atoms with Crippen molar-refractivity contribution in [3.8, 4) is 5.75 Å². The number of alkyl halides is 3. The van der Waals surface area contributed by atoms with Gasteiger partial charge in [-0.15, -0.1) is 0 Å². The highest BCUT2D eigenvalue weighted by Crippen LogP contribution is 2.40. The Morgan fingerprint density at radius 1 is 1.43 bits per heavy atom. The fraction of sp³-hybridized carbons (Fsp3) is 0.471. The van der Waals surface area contributed by atoms with E-state index in [4.69, 9.17) is 32.5 Å². The molecule has 1 aliphatic heterocycles. The predicted octanol–water partition coefficient (Wildman–Crippen LogP) is 0.950. The van der Waals surface area contributed by atoms with E-state index in [0.717, 1.165) is 6.08 Å². The number of aliphatic hydroxyl groups excluding tert-OH is 1. The van der Waals surface area contributed by atoms with Crippen LogP contribution in [0.2, 0.25) is 5.02 Å². The average Bonchev–Trinajstić information content (AvgIpc) is 2.68. The molecule has 0 aliphatic carbocycles. The van der Waals surface area contributed by atoms with Gasteiger partial charge in [-0.3, -0.25) is 4.84 Å². The number of nitrogens with one attached hydrogen (secondary N) is 1. The monoisotopic (exact) mass is 460 g/mol. The number of likely N-dealkylation sites (N-methyl/N-ethyl adjacent to an activating group) is 1. The van der Waals surface area contributed by atoms with Gasteiger partial charge in [0.1, 0.15) is 5.75 Å². The van der Waals surface area contributed by atoms with Crippen molar-refractivity contribution in [1.29, 1.82) is 0 Å². The van der Waals surface area contributed by atoms with E-state index in [2.05, 4.69) is 20.8 Å². The molecule has 0 amide bonds. The summed E-state index contributed by atoms with van der Waals surface area (Å²) < 4.78 is 49.3. The molecule has 0 radical (unpaired) electrons. The van der Waals surface area contributed by atoms with Crippen molar-refractivity contribution >= 4 is 23.6 Å². The van der Waals surface area contributed by atoms with Crippen molar-refractivity contribution in [3.63, 3.8) is 0 Å². The SMILES string of the molecule is CNCCO.Cc1cc(Cl)cc2c1OC(C(F)(F)F)C(C(=O)OC(C)ON)=C2.[NH3+]O. The molecular formula is C17H26ClF3N3O6+. The normalized spacial score (nSPS) is 15.8. The maximum atomic E-state index is 13.2. The van der Waals surface area contributed by atoms with Crippen LogP contribution in [0.15, 0.2) is 17.7 Å². The Kier molecular flexibility index (Phi) is 12.5. The molecule has 8 N–H and O–H groups in total. The lowest BCUT2D eigenvalue weighted by molar-refractivity contribution is -0.670. The molecule has 9 nitrogen and oxygen atoms in total. The van der Waals surface area contributed by atoms with Crippen molar-refractivity contribution in [1.82, 2.24) is 5.32 Å². The minimum Gasteiger partial charge on any atom is -0.475 e. The summed E-state index contributed by atoms with van der Waals surface area (Å²) in [4.78, 5) is 16.2. The number of halogens is 4. The first-order valence-corrected chi connectivity index (χ1v) is 8.81. The van der Waals surface area contributed by atoms with Crippen molar-refractivity contribution in [3.05, 3.63) is 33.9 Å². The number of esters is 1. The van der Waals surface area contributed by atoms with Crippen molar-refractivity contribution in [2.24, 2.45) is 5.90 Å². The minimum absolute atomic E-state index is 0.0106.